The summed E-state index contributed by atoms with van der Waals surface area (Å²) in [6, 6.07) is 6.12. The van der Waals surface area contributed by atoms with Crippen molar-refractivity contribution in [3.05, 3.63) is 35.2 Å². The molecule has 25 heavy (non-hydrogen) atoms. The monoisotopic (exact) mass is 405 g/mol. The summed E-state index contributed by atoms with van der Waals surface area (Å²) in [7, 11) is -7.18. The van der Waals surface area contributed by atoms with E-state index in [4.69, 9.17) is 16.0 Å². The third-order valence-electron chi connectivity index (χ3n) is 3.98. The van der Waals surface area contributed by atoms with E-state index in [9.17, 15) is 16.8 Å². The fourth-order valence-electron chi connectivity index (χ4n) is 2.65. The second-order valence-electron chi connectivity index (χ2n) is 5.81. The standard InChI is InChI=1S/C14H16ClN3O5S2/c1-24(19,20)14-17-16-13(23-14)10-5-7-18(8-6-10)25(21,22)12-4-2-3-11(15)9-12/h2-4,9-10H,5-8H2,1H3. The molecule has 3 rings (SSSR count). The zero-order valence-electron chi connectivity index (χ0n) is 13.3. The molecule has 0 spiro atoms. The van der Waals surface area contributed by atoms with Crippen LogP contribution in [0.25, 0.3) is 0 Å². The molecule has 0 N–H and O–H groups in total. The summed E-state index contributed by atoms with van der Waals surface area (Å²) in [4.78, 5) is 0.149. The lowest BCUT2D eigenvalue weighted by molar-refractivity contribution is 0.278. The van der Waals surface area contributed by atoms with Crippen LogP contribution in [0.15, 0.2) is 38.8 Å². The molecule has 1 aliphatic rings. The number of piperidine rings is 1. The van der Waals surface area contributed by atoms with E-state index in [1.165, 1.54) is 16.4 Å². The van der Waals surface area contributed by atoms with Crippen LogP contribution < -0.4 is 0 Å². The largest absolute Gasteiger partial charge is 0.412 e. The van der Waals surface area contributed by atoms with Crippen molar-refractivity contribution in [3.63, 3.8) is 0 Å². The van der Waals surface area contributed by atoms with Gasteiger partial charge < -0.3 is 4.42 Å². The minimum absolute atomic E-state index is 0.149. The van der Waals surface area contributed by atoms with Gasteiger partial charge in [0.2, 0.25) is 25.8 Å². The highest BCUT2D eigenvalue weighted by Crippen LogP contribution is 2.31. The fraction of sp³-hybridized carbons (Fsp3) is 0.429. The highest BCUT2D eigenvalue weighted by molar-refractivity contribution is 7.90. The summed E-state index contributed by atoms with van der Waals surface area (Å²) in [5.41, 5.74) is 0. The Hall–Kier alpha value is -1.49. The molecule has 11 heteroatoms. The summed E-state index contributed by atoms with van der Waals surface area (Å²) < 4.78 is 54.7. The van der Waals surface area contributed by atoms with Crippen LogP contribution in [0.2, 0.25) is 5.02 Å². The zero-order chi connectivity index (χ0) is 18.2. The SMILES string of the molecule is CS(=O)(=O)c1nnc(C2CCN(S(=O)(=O)c3cccc(Cl)c3)CC2)o1. The third-order valence-corrected chi connectivity index (χ3v) is 6.91. The highest BCUT2D eigenvalue weighted by Gasteiger charge is 2.32. The number of hydrogen-bond donors (Lipinski definition) is 0. The van der Waals surface area contributed by atoms with Gasteiger partial charge in [0.25, 0.3) is 0 Å². The van der Waals surface area contributed by atoms with E-state index >= 15 is 0 Å². The number of halogens is 1. The fourth-order valence-corrected chi connectivity index (χ4v) is 4.85. The van der Waals surface area contributed by atoms with Crippen molar-refractivity contribution in [2.75, 3.05) is 19.3 Å². The Bertz CT molecular complexity index is 979. The van der Waals surface area contributed by atoms with Gasteiger partial charge in [-0.2, -0.15) is 4.31 Å². The van der Waals surface area contributed by atoms with Gasteiger partial charge in [-0.1, -0.05) is 22.8 Å². The van der Waals surface area contributed by atoms with Crippen LogP contribution in [0, 0.1) is 0 Å². The number of rotatable bonds is 4. The topological polar surface area (TPSA) is 110 Å². The van der Waals surface area contributed by atoms with Gasteiger partial charge in [0.15, 0.2) is 0 Å². The molecule has 0 saturated carbocycles. The van der Waals surface area contributed by atoms with Crippen LogP contribution in [0.5, 0.6) is 0 Å². The number of benzene rings is 1. The number of hydrogen-bond acceptors (Lipinski definition) is 7. The molecule has 2 heterocycles. The van der Waals surface area contributed by atoms with Gasteiger partial charge in [-0.3, -0.25) is 0 Å². The Kier molecular flexibility index (Phi) is 4.89. The number of nitrogens with zero attached hydrogens (tertiary/aromatic N) is 3. The zero-order valence-corrected chi connectivity index (χ0v) is 15.7. The molecule has 8 nitrogen and oxygen atoms in total. The summed E-state index contributed by atoms with van der Waals surface area (Å²) in [5, 5.41) is 7.26. The molecule has 136 valence electrons. The van der Waals surface area contributed by atoms with Crippen molar-refractivity contribution >= 4 is 31.5 Å². The molecule has 0 atom stereocenters. The first kappa shape index (κ1) is 18.3. The van der Waals surface area contributed by atoms with Gasteiger partial charge in [-0.25, -0.2) is 16.8 Å². The molecule has 1 aliphatic heterocycles. The lowest BCUT2D eigenvalue weighted by atomic mass is 9.98. The minimum atomic E-state index is -3.62. The predicted octanol–water partition coefficient (Wildman–Crippen LogP) is 1.69. The Balaban J connectivity index is 1.72. The van der Waals surface area contributed by atoms with E-state index in [0.717, 1.165) is 6.26 Å². The van der Waals surface area contributed by atoms with E-state index in [-0.39, 0.29) is 29.8 Å². The predicted molar refractivity (Wildman–Crippen MR) is 89.6 cm³/mol. The van der Waals surface area contributed by atoms with Crippen LogP contribution in [0.4, 0.5) is 0 Å². The van der Waals surface area contributed by atoms with Gasteiger partial charge in [0.1, 0.15) is 0 Å². The average Bonchev–Trinajstić information content (AvgIpc) is 3.05. The van der Waals surface area contributed by atoms with Crippen molar-refractivity contribution < 1.29 is 21.3 Å². The van der Waals surface area contributed by atoms with Crippen molar-refractivity contribution in [2.45, 2.75) is 28.9 Å². The maximum absolute atomic E-state index is 12.7. The van der Waals surface area contributed by atoms with E-state index in [0.29, 0.717) is 17.9 Å². The van der Waals surface area contributed by atoms with Gasteiger partial charge in [0, 0.05) is 30.3 Å². The van der Waals surface area contributed by atoms with E-state index < -0.39 is 25.1 Å². The van der Waals surface area contributed by atoms with Crippen molar-refractivity contribution in [2.24, 2.45) is 0 Å². The average molecular weight is 406 g/mol. The van der Waals surface area contributed by atoms with E-state index in [1.807, 2.05) is 0 Å². The molecule has 0 unspecified atom stereocenters. The Morgan fingerprint density at radius 2 is 1.84 bits per heavy atom. The molecule has 0 bridgehead atoms. The first-order valence-corrected chi connectivity index (χ1v) is 11.2. The third kappa shape index (κ3) is 3.86. The summed E-state index contributed by atoms with van der Waals surface area (Å²) in [6.45, 7) is 0.548. The first-order valence-electron chi connectivity index (χ1n) is 7.47. The summed E-state index contributed by atoms with van der Waals surface area (Å²) in [5.74, 6) is 0.0500. The van der Waals surface area contributed by atoms with Gasteiger partial charge >= 0.3 is 5.22 Å². The number of sulfonamides is 1. The molecule has 1 aromatic heterocycles. The molecule has 0 amide bonds. The highest BCUT2D eigenvalue weighted by atomic mass is 35.5. The van der Waals surface area contributed by atoms with Gasteiger partial charge in [-0.05, 0) is 31.0 Å². The first-order chi connectivity index (χ1) is 11.7. The van der Waals surface area contributed by atoms with Gasteiger partial charge in [-0.15, -0.1) is 5.10 Å². The molecule has 0 aliphatic carbocycles. The van der Waals surface area contributed by atoms with Crippen molar-refractivity contribution in [1.82, 2.24) is 14.5 Å². The Morgan fingerprint density at radius 1 is 1.16 bits per heavy atom. The molecule has 1 aromatic carbocycles. The second kappa shape index (κ2) is 6.67. The van der Waals surface area contributed by atoms with Crippen LogP contribution in [-0.2, 0) is 19.9 Å². The van der Waals surface area contributed by atoms with Gasteiger partial charge in [0.05, 0.1) is 4.90 Å². The smallest absolute Gasteiger partial charge is 0.335 e. The molecular weight excluding hydrogens is 390 g/mol. The molecule has 0 radical (unpaired) electrons. The summed E-state index contributed by atoms with van der Waals surface area (Å²) >= 11 is 5.87. The van der Waals surface area contributed by atoms with Crippen LogP contribution in [0.1, 0.15) is 24.7 Å². The lowest BCUT2D eigenvalue weighted by Crippen LogP contribution is -2.37. The summed E-state index contributed by atoms with van der Waals surface area (Å²) in [6.07, 6.45) is 1.92. The maximum atomic E-state index is 12.7. The second-order valence-corrected chi connectivity index (χ2v) is 10.1. The Labute approximate surface area is 150 Å². The minimum Gasteiger partial charge on any atom is -0.412 e. The van der Waals surface area contributed by atoms with Crippen LogP contribution in [-0.4, -0.2) is 50.7 Å². The molecule has 1 fully saturated rings. The number of aromatic nitrogens is 2. The molecule has 2 aromatic rings. The van der Waals surface area contributed by atoms with E-state index in [2.05, 4.69) is 10.2 Å². The normalized spacial score (nSPS) is 17.7. The quantitative estimate of drug-likeness (QED) is 0.760. The molecule has 1 saturated heterocycles. The molecular formula is C14H16ClN3O5S2. The number of sulfone groups is 1. The van der Waals surface area contributed by atoms with Crippen molar-refractivity contribution in [1.29, 1.82) is 0 Å². The van der Waals surface area contributed by atoms with Crippen molar-refractivity contribution in [3.8, 4) is 0 Å². The lowest BCUT2D eigenvalue weighted by Gasteiger charge is -2.29. The van der Waals surface area contributed by atoms with Crippen LogP contribution in [0.3, 0.4) is 0 Å². The van der Waals surface area contributed by atoms with Crippen LogP contribution >= 0.6 is 11.6 Å². The maximum Gasteiger partial charge on any atom is 0.335 e. The Morgan fingerprint density at radius 3 is 2.40 bits per heavy atom. The van der Waals surface area contributed by atoms with E-state index in [1.54, 1.807) is 12.1 Å².